The molecule has 2 heterocycles. The van der Waals surface area contributed by atoms with Gasteiger partial charge in [-0.3, -0.25) is 4.79 Å². The van der Waals surface area contributed by atoms with Crippen molar-refractivity contribution in [3.8, 4) is 0 Å². The van der Waals surface area contributed by atoms with Crippen molar-refractivity contribution in [2.24, 2.45) is 0 Å². The quantitative estimate of drug-likeness (QED) is 0.670. The SMILES string of the molecule is O=C1C[C@H]2NCC[C@H]2N1CCCSc1ccc(Cl)cc1. The smallest absolute Gasteiger partial charge is 0.224 e. The number of hydrogen-bond donors (Lipinski definition) is 1. The predicted molar refractivity (Wildman–Crippen MR) is 83.3 cm³/mol. The summed E-state index contributed by atoms with van der Waals surface area (Å²) in [5, 5.41) is 4.20. The second-order valence-corrected chi connectivity index (χ2v) is 6.97. The van der Waals surface area contributed by atoms with E-state index in [0.717, 1.165) is 36.7 Å². The first kappa shape index (κ1) is 14.2. The van der Waals surface area contributed by atoms with Crippen molar-refractivity contribution >= 4 is 29.3 Å². The Morgan fingerprint density at radius 2 is 2.15 bits per heavy atom. The number of halogens is 1. The van der Waals surface area contributed by atoms with Crippen LogP contribution in [0, 0.1) is 0 Å². The van der Waals surface area contributed by atoms with Crippen LogP contribution < -0.4 is 5.32 Å². The van der Waals surface area contributed by atoms with Gasteiger partial charge in [-0.25, -0.2) is 0 Å². The number of hydrogen-bond acceptors (Lipinski definition) is 3. The number of carbonyl (C=O) groups excluding carboxylic acids is 1. The summed E-state index contributed by atoms with van der Waals surface area (Å²) < 4.78 is 0. The molecule has 3 rings (SSSR count). The highest BCUT2D eigenvalue weighted by molar-refractivity contribution is 7.99. The van der Waals surface area contributed by atoms with E-state index in [2.05, 4.69) is 10.2 Å². The van der Waals surface area contributed by atoms with Gasteiger partial charge in [-0.1, -0.05) is 11.6 Å². The van der Waals surface area contributed by atoms with E-state index < -0.39 is 0 Å². The predicted octanol–water partition coefficient (Wildman–Crippen LogP) is 2.79. The minimum atomic E-state index is 0.323. The van der Waals surface area contributed by atoms with Crippen molar-refractivity contribution in [3.05, 3.63) is 29.3 Å². The second-order valence-electron chi connectivity index (χ2n) is 5.36. The van der Waals surface area contributed by atoms with Crippen molar-refractivity contribution in [3.63, 3.8) is 0 Å². The third-order valence-electron chi connectivity index (χ3n) is 4.05. The first-order chi connectivity index (χ1) is 9.74. The monoisotopic (exact) mass is 310 g/mol. The molecule has 1 aromatic rings. The first-order valence-corrected chi connectivity index (χ1v) is 8.51. The van der Waals surface area contributed by atoms with Crippen LogP contribution in [-0.4, -0.2) is 41.7 Å². The molecule has 5 heteroatoms. The Balaban J connectivity index is 1.43. The van der Waals surface area contributed by atoms with Crippen LogP contribution >= 0.6 is 23.4 Å². The molecule has 0 radical (unpaired) electrons. The molecule has 3 nitrogen and oxygen atoms in total. The summed E-state index contributed by atoms with van der Waals surface area (Å²) in [7, 11) is 0. The van der Waals surface area contributed by atoms with Gasteiger partial charge >= 0.3 is 0 Å². The van der Waals surface area contributed by atoms with Gasteiger partial charge in [0, 0.05) is 35.0 Å². The van der Waals surface area contributed by atoms with Gasteiger partial charge in [-0.05, 0) is 49.4 Å². The van der Waals surface area contributed by atoms with Crippen LogP contribution in [0.1, 0.15) is 19.3 Å². The minimum absolute atomic E-state index is 0.323. The van der Waals surface area contributed by atoms with E-state index in [1.54, 1.807) is 0 Å². The van der Waals surface area contributed by atoms with Gasteiger partial charge in [0.2, 0.25) is 5.91 Å². The van der Waals surface area contributed by atoms with Crippen molar-refractivity contribution in [2.45, 2.75) is 36.2 Å². The Labute approximate surface area is 129 Å². The van der Waals surface area contributed by atoms with Gasteiger partial charge in [0.25, 0.3) is 0 Å². The molecule has 2 aliphatic rings. The zero-order chi connectivity index (χ0) is 13.9. The lowest BCUT2D eigenvalue weighted by molar-refractivity contribution is -0.129. The van der Waals surface area contributed by atoms with E-state index in [9.17, 15) is 4.79 Å². The van der Waals surface area contributed by atoms with Crippen LogP contribution in [0.5, 0.6) is 0 Å². The average Bonchev–Trinajstić information content (AvgIpc) is 2.98. The number of thioether (sulfide) groups is 1. The summed E-state index contributed by atoms with van der Waals surface area (Å²) in [5.41, 5.74) is 0. The molecule has 1 aromatic carbocycles. The van der Waals surface area contributed by atoms with Crippen molar-refractivity contribution in [1.82, 2.24) is 10.2 Å². The van der Waals surface area contributed by atoms with Gasteiger partial charge in [-0.2, -0.15) is 0 Å². The molecular formula is C15H19ClN2OS. The summed E-state index contributed by atoms with van der Waals surface area (Å²) in [6.45, 7) is 1.95. The molecule has 1 amide bonds. The lowest BCUT2D eigenvalue weighted by Crippen LogP contribution is -2.36. The number of nitrogens with one attached hydrogen (secondary N) is 1. The van der Waals surface area contributed by atoms with E-state index >= 15 is 0 Å². The highest BCUT2D eigenvalue weighted by Crippen LogP contribution is 2.27. The van der Waals surface area contributed by atoms with Gasteiger partial charge in [0.1, 0.15) is 0 Å². The minimum Gasteiger partial charge on any atom is -0.338 e. The number of likely N-dealkylation sites (tertiary alicyclic amines) is 1. The first-order valence-electron chi connectivity index (χ1n) is 7.15. The van der Waals surface area contributed by atoms with Crippen molar-refractivity contribution in [1.29, 1.82) is 0 Å². The van der Waals surface area contributed by atoms with E-state index in [-0.39, 0.29) is 0 Å². The Morgan fingerprint density at radius 3 is 2.95 bits per heavy atom. The van der Waals surface area contributed by atoms with Crippen molar-refractivity contribution in [2.75, 3.05) is 18.8 Å². The zero-order valence-corrected chi connectivity index (χ0v) is 12.9. The standard InChI is InChI=1S/C15H19ClN2OS/c16-11-2-4-12(5-3-11)20-9-1-8-18-14-6-7-17-13(14)10-15(18)19/h2-5,13-14,17H,1,6-10H2/t13-,14-/m1/s1. The zero-order valence-electron chi connectivity index (χ0n) is 11.3. The van der Waals surface area contributed by atoms with Crippen LogP contribution in [0.3, 0.4) is 0 Å². The van der Waals surface area contributed by atoms with E-state index in [1.807, 2.05) is 36.0 Å². The number of benzene rings is 1. The fourth-order valence-corrected chi connectivity index (χ4v) is 4.04. The number of rotatable bonds is 5. The fourth-order valence-electron chi connectivity index (χ4n) is 3.07. The summed E-state index contributed by atoms with van der Waals surface area (Å²) in [4.78, 5) is 15.3. The highest BCUT2D eigenvalue weighted by atomic mass is 35.5. The highest BCUT2D eigenvalue weighted by Gasteiger charge is 2.41. The molecule has 0 spiro atoms. The fraction of sp³-hybridized carbons (Fsp3) is 0.533. The van der Waals surface area contributed by atoms with E-state index in [4.69, 9.17) is 11.6 Å². The van der Waals surface area contributed by atoms with Crippen LogP contribution in [0.25, 0.3) is 0 Å². The summed E-state index contributed by atoms with van der Waals surface area (Å²) in [6, 6.07) is 8.79. The molecule has 2 aliphatic heterocycles. The maximum Gasteiger partial charge on any atom is 0.224 e. The molecule has 0 unspecified atom stereocenters. The lowest BCUT2D eigenvalue weighted by atomic mass is 10.1. The number of amides is 1. The van der Waals surface area contributed by atoms with E-state index in [1.165, 1.54) is 4.90 Å². The summed E-state index contributed by atoms with van der Waals surface area (Å²) >= 11 is 7.69. The molecule has 1 N–H and O–H groups in total. The number of nitrogens with zero attached hydrogens (tertiary/aromatic N) is 1. The summed E-state index contributed by atoms with van der Waals surface area (Å²) in [5.74, 6) is 1.36. The van der Waals surface area contributed by atoms with Gasteiger partial charge in [-0.15, -0.1) is 11.8 Å². The molecule has 0 saturated carbocycles. The Hall–Kier alpha value is -0.710. The van der Waals surface area contributed by atoms with Gasteiger partial charge in [0.15, 0.2) is 0 Å². The van der Waals surface area contributed by atoms with Crippen LogP contribution in [0.4, 0.5) is 0 Å². The van der Waals surface area contributed by atoms with Crippen molar-refractivity contribution < 1.29 is 4.79 Å². The van der Waals surface area contributed by atoms with Gasteiger partial charge in [0.05, 0.1) is 0 Å². The van der Waals surface area contributed by atoms with Crippen LogP contribution in [-0.2, 0) is 4.79 Å². The Kier molecular flexibility index (Phi) is 4.54. The molecule has 108 valence electrons. The molecule has 0 bridgehead atoms. The molecular weight excluding hydrogens is 292 g/mol. The average molecular weight is 311 g/mol. The largest absolute Gasteiger partial charge is 0.338 e. The Bertz CT molecular complexity index is 479. The molecule has 2 fully saturated rings. The third-order valence-corrected chi connectivity index (χ3v) is 5.40. The molecule has 2 atom stereocenters. The molecule has 20 heavy (non-hydrogen) atoms. The van der Waals surface area contributed by atoms with Gasteiger partial charge < -0.3 is 10.2 Å². The molecule has 0 aromatic heterocycles. The topological polar surface area (TPSA) is 32.3 Å². The number of carbonyl (C=O) groups is 1. The maximum atomic E-state index is 12.0. The van der Waals surface area contributed by atoms with E-state index in [0.29, 0.717) is 24.4 Å². The summed E-state index contributed by atoms with van der Waals surface area (Å²) in [6.07, 6.45) is 2.85. The molecule has 0 aliphatic carbocycles. The lowest BCUT2D eigenvalue weighted by Gasteiger charge is -2.23. The molecule has 2 saturated heterocycles. The Morgan fingerprint density at radius 1 is 1.35 bits per heavy atom. The second kappa shape index (κ2) is 6.37. The maximum absolute atomic E-state index is 12.0. The third kappa shape index (κ3) is 3.13. The number of fused-ring (bicyclic) bond motifs is 1. The van der Waals surface area contributed by atoms with Crippen LogP contribution in [0.15, 0.2) is 29.2 Å². The van der Waals surface area contributed by atoms with Crippen LogP contribution in [0.2, 0.25) is 5.02 Å². The normalized spacial score (nSPS) is 25.2.